The van der Waals surface area contributed by atoms with Crippen molar-refractivity contribution in [3.05, 3.63) is 34.9 Å². The summed E-state index contributed by atoms with van der Waals surface area (Å²) in [5.74, 6) is 0. The molecule has 0 aromatic carbocycles. The molecule has 0 aromatic rings. The lowest BCUT2D eigenvalue weighted by atomic mass is 10.1. The molecule has 2 nitrogen and oxygen atoms in total. The van der Waals surface area contributed by atoms with E-state index in [0.717, 1.165) is 32.2 Å². The Labute approximate surface area is 136 Å². The molecule has 0 heterocycles. The van der Waals surface area contributed by atoms with Gasteiger partial charge in [0, 0.05) is 6.54 Å². The van der Waals surface area contributed by atoms with Crippen LogP contribution in [0.3, 0.4) is 0 Å². The van der Waals surface area contributed by atoms with Gasteiger partial charge in [-0.3, -0.25) is 0 Å². The summed E-state index contributed by atoms with van der Waals surface area (Å²) >= 11 is 5.01. The molecule has 0 fully saturated rings. The molecule has 0 aliphatic heterocycles. The molecule has 1 N–H and O–H groups in total. The van der Waals surface area contributed by atoms with Crippen LogP contribution < -0.4 is 5.32 Å². The van der Waals surface area contributed by atoms with E-state index in [1.165, 1.54) is 16.7 Å². The zero-order valence-electron chi connectivity index (χ0n) is 14.3. The first-order chi connectivity index (χ1) is 9.95. The number of hydrogen-bond acceptors (Lipinski definition) is 2. The lowest BCUT2D eigenvalue weighted by Crippen LogP contribution is -2.23. The average molecular weight is 310 g/mol. The van der Waals surface area contributed by atoms with Crippen molar-refractivity contribution in [1.29, 1.82) is 0 Å². The van der Waals surface area contributed by atoms with Gasteiger partial charge in [0.05, 0.1) is 0 Å². The molecule has 0 atom stereocenters. The van der Waals surface area contributed by atoms with Crippen molar-refractivity contribution in [2.75, 3.05) is 13.2 Å². The van der Waals surface area contributed by atoms with E-state index >= 15 is 0 Å². The van der Waals surface area contributed by atoms with Gasteiger partial charge in [-0.1, -0.05) is 28.9 Å². The van der Waals surface area contributed by atoms with Gasteiger partial charge >= 0.3 is 0 Å². The summed E-state index contributed by atoms with van der Waals surface area (Å²) in [6.07, 6.45) is 11.2. The molecule has 3 heteroatoms. The van der Waals surface area contributed by atoms with Crippen molar-refractivity contribution in [2.45, 2.75) is 60.3 Å². The van der Waals surface area contributed by atoms with Crippen LogP contribution >= 0.6 is 12.2 Å². The molecule has 0 aliphatic rings. The SMILES string of the molecule is CCNC(=S)OC/C=C(\C)CC/C=C(\C)CCC=C(C)C. The minimum atomic E-state index is 0.483. The molecule has 0 unspecified atom stereocenters. The zero-order valence-corrected chi connectivity index (χ0v) is 15.1. The summed E-state index contributed by atoms with van der Waals surface area (Å²) < 4.78 is 5.38. The van der Waals surface area contributed by atoms with Crippen molar-refractivity contribution < 1.29 is 4.74 Å². The van der Waals surface area contributed by atoms with Gasteiger partial charge in [0.1, 0.15) is 6.61 Å². The van der Waals surface area contributed by atoms with Crippen LogP contribution in [0.25, 0.3) is 0 Å². The van der Waals surface area contributed by atoms with Crippen molar-refractivity contribution in [2.24, 2.45) is 0 Å². The fourth-order valence-corrected chi connectivity index (χ4v) is 2.01. The second-order valence-electron chi connectivity index (χ2n) is 5.59. The van der Waals surface area contributed by atoms with Gasteiger partial charge in [0.2, 0.25) is 0 Å². The molecule has 0 spiro atoms. The number of allylic oxidation sites excluding steroid dienone is 5. The highest BCUT2D eigenvalue weighted by Crippen LogP contribution is 2.11. The number of rotatable bonds is 9. The van der Waals surface area contributed by atoms with Crippen LogP contribution in [0.15, 0.2) is 34.9 Å². The summed E-state index contributed by atoms with van der Waals surface area (Å²) in [7, 11) is 0. The fourth-order valence-electron chi connectivity index (χ4n) is 1.79. The first-order valence-corrected chi connectivity index (χ1v) is 8.21. The lowest BCUT2D eigenvalue weighted by molar-refractivity contribution is 0.342. The number of thiocarbonyl (C=S) groups is 1. The highest BCUT2D eigenvalue weighted by molar-refractivity contribution is 7.80. The quantitative estimate of drug-likeness (QED) is 0.460. The maximum absolute atomic E-state index is 5.38. The second kappa shape index (κ2) is 12.6. The lowest BCUT2D eigenvalue weighted by Gasteiger charge is -2.06. The third-order valence-corrected chi connectivity index (χ3v) is 3.35. The normalized spacial score (nSPS) is 12.0. The Balaban J connectivity index is 3.88. The van der Waals surface area contributed by atoms with Crippen LogP contribution in [-0.2, 0) is 4.74 Å². The van der Waals surface area contributed by atoms with Crippen LogP contribution in [0.2, 0.25) is 0 Å². The van der Waals surface area contributed by atoms with Gasteiger partial charge < -0.3 is 10.1 Å². The van der Waals surface area contributed by atoms with Crippen molar-refractivity contribution >= 4 is 17.4 Å². The smallest absolute Gasteiger partial charge is 0.256 e. The minimum Gasteiger partial charge on any atom is -0.467 e. The molecule has 0 amide bonds. The first-order valence-electron chi connectivity index (χ1n) is 7.81. The van der Waals surface area contributed by atoms with Gasteiger partial charge in [0.25, 0.3) is 5.17 Å². The van der Waals surface area contributed by atoms with E-state index in [0.29, 0.717) is 11.8 Å². The van der Waals surface area contributed by atoms with Crippen molar-refractivity contribution in [3.63, 3.8) is 0 Å². The Bertz CT molecular complexity index is 390. The minimum absolute atomic E-state index is 0.483. The van der Waals surface area contributed by atoms with Crippen LogP contribution in [0.4, 0.5) is 0 Å². The molecule has 0 aliphatic carbocycles. The highest BCUT2D eigenvalue weighted by atomic mass is 32.1. The van der Waals surface area contributed by atoms with E-state index in [2.05, 4.69) is 51.2 Å². The summed E-state index contributed by atoms with van der Waals surface area (Å²) in [6, 6.07) is 0. The van der Waals surface area contributed by atoms with Gasteiger partial charge in [-0.25, -0.2) is 0 Å². The monoisotopic (exact) mass is 309 g/mol. The summed E-state index contributed by atoms with van der Waals surface area (Å²) in [4.78, 5) is 0. The third kappa shape index (κ3) is 13.6. The summed E-state index contributed by atoms with van der Waals surface area (Å²) in [5, 5.41) is 3.45. The van der Waals surface area contributed by atoms with Crippen LogP contribution in [0.5, 0.6) is 0 Å². The molecule has 21 heavy (non-hydrogen) atoms. The molecule has 0 saturated carbocycles. The van der Waals surface area contributed by atoms with E-state index in [4.69, 9.17) is 17.0 Å². The molecule has 0 saturated heterocycles. The Morgan fingerprint density at radius 2 is 1.52 bits per heavy atom. The maximum Gasteiger partial charge on any atom is 0.256 e. The summed E-state index contributed by atoms with van der Waals surface area (Å²) in [5.41, 5.74) is 4.23. The Hall–Kier alpha value is -1.09. The van der Waals surface area contributed by atoms with Crippen LogP contribution in [0, 0.1) is 0 Å². The Morgan fingerprint density at radius 1 is 0.952 bits per heavy atom. The highest BCUT2D eigenvalue weighted by Gasteiger charge is 1.94. The standard InChI is InChI=1S/C18H31NOS/c1-6-19-18(21)20-14-13-17(5)12-8-11-16(4)10-7-9-15(2)3/h9,11,13H,6-8,10,12,14H2,1-5H3,(H,19,21)/b16-11+,17-13+. The van der Waals surface area contributed by atoms with Crippen molar-refractivity contribution in [1.82, 2.24) is 5.32 Å². The number of ether oxygens (including phenoxy) is 1. The number of hydrogen-bond donors (Lipinski definition) is 1. The van der Waals surface area contributed by atoms with Crippen LogP contribution in [0.1, 0.15) is 60.3 Å². The van der Waals surface area contributed by atoms with Gasteiger partial charge in [-0.15, -0.1) is 0 Å². The molecular formula is C18H31NOS. The maximum atomic E-state index is 5.38. The van der Waals surface area contributed by atoms with Gasteiger partial charge in [-0.2, -0.15) is 0 Å². The van der Waals surface area contributed by atoms with Crippen molar-refractivity contribution in [3.8, 4) is 0 Å². The van der Waals surface area contributed by atoms with E-state index < -0.39 is 0 Å². The molecule has 0 radical (unpaired) electrons. The van der Waals surface area contributed by atoms with E-state index in [1.54, 1.807) is 0 Å². The fraction of sp³-hybridized carbons (Fsp3) is 0.611. The van der Waals surface area contributed by atoms with Gasteiger partial charge in [0.15, 0.2) is 0 Å². The van der Waals surface area contributed by atoms with E-state index in [1.807, 2.05) is 6.92 Å². The Kier molecular flexibility index (Phi) is 12.0. The predicted molar refractivity (Wildman–Crippen MR) is 97.6 cm³/mol. The third-order valence-electron chi connectivity index (χ3n) is 3.09. The Morgan fingerprint density at radius 3 is 2.10 bits per heavy atom. The molecule has 0 aromatic heterocycles. The second-order valence-corrected chi connectivity index (χ2v) is 5.96. The zero-order chi connectivity index (χ0) is 16.1. The predicted octanol–water partition coefficient (Wildman–Crippen LogP) is 5.32. The topological polar surface area (TPSA) is 21.3 Å². The largest absolute Gasteiger partial charge is 0.467 e. The number of nitrogens with one attached hydrogen (secondary N) is 1. The van der Waals surface area contributed by atoms with E-state index in [9.17, 15) is 0 Å². The van der Waals surface area contributed by atoms with Crippen LogP contribution in [-0.4, -0.2) is 18.3 Å². The molecule has 0 bridgehead atoms. The average Bonchev–Trinajstić information content (AvgIpc) is 2.38. The molecule has 0 rings (SSSR count). The first kappa shape index (κ1) is 19.9. The summed E-state index contributed by atoms with van der Waals surface area (Å²) in [6.45, 7) is 12.0. The molecular weight excluding hydrogens is 278 g/mol. The molecule has 120 valence electrons. The van der Waals surface area contributed by atoms with E-state index in [-0.39, 0.29) is 0 Å². The van der Waals surface area contributed by atoms with Gasteiger partial charge in [-0.05, 0) is 78.6 Å².